The highest BCUT2D eigenvalue weighted by atomic mass is 32.1. The van der Waals surface area contributed by atoms with E-state index in [1.165, 1.54) is 4.68 Å². The predicted molar refractivity (Wildman–Crippen MR) is 84.1 cm³/mol. The van der Waals surface area contributed by atoms with Crippen LogP contribution < -0.4 is 5.56 Å². The molecule has 3 heterocycles. The van der Waals surface area contributed by atoms with E-state index in [0.29, 0.717) is 19.4 Å². The van der Waals surface area contributed by atoms with Gasteiger partial charge in [-0.1, -0.05) is 13.8 Å². The van der Waals surface area contributed by atoms with Crippen molar-refractivity contribution in [2.24, 2.45) is 0 Å². The molecular weight excluding hydrogens is 298 g/mol. The molecule has 0 aromatic carbocycles. The Bertz CT molecular complexity index is 928. The van der Waals surface area contributed by atoms with Gasteiger partial charge in [0.2, 0.25) is 0 Å². The Labute approximate surface area is 131 Å². The molecule has 3 aromatic rings. The number of nitriles is 1. The summed E-state index contributed by atoms with van der Waals surface area (Å²) >= 11 is 1.57. The van der Waals surface area contributed by atoms with Crippen LogP contribution in [0.4, 0.5) is 0 Å². The quantitative estimate of drug-likeness (QED) is 0.738. The van der Waals surface area contributed by atoms with Crippen LogP contribution in [0.2, 0.25) is 0 Å². The van der Waals surface area contributed by atoms with Crippen LogP contribution in [0.25, 0.3) is 4.83 Å². The third-order valence-corrected chi connectivity index (χ3v) is 4.62. The van der Waals surface area contributed by atoms with Crippen LogP contribution in [-0.2, 0) is 19.4 Å². The van der Waals surface area contributed by atoms with Crippen molar-refractivity contribution in [3.05, 3.63) is 50.8 Å². The van der Waals surface area contributed by atoms with E-state index in [9.17, 15) is 10.1 Å². The lowest BCUT2D eigenvalue weighted by Gasteiger charge is -2.11. The van der Waals surface area contributed by atoms with Crippen LogP contribution >= 0.6 is 11.3 Å². The molecule has 0 saturated heterocycles. The number of hydrogen-bond acceptors (Lipinski definition) is 5. The molecule has 0 atom stereocenters. The van der Waals surface area contributed by atoms with Crippen molar-refractivity contribution in [3.63, 3.8) is 0 Å². The largest absolute Gasteiger partial charge is 0.292 e. The van der Waals surface area contributed by atoms with E-state index < -0.39 is 0 Å². The fourth-order valence-corrected chi connectivity index (χ4v) is 3.42. The third-order valence-electron chi connectivity index (χ3n) is 3.68. The van der Waals surface area contributed by atoms with Gasteiger partial charge in [0.15, 0.2) is 0 Å². The van der Waals surface area contributed by atoms with Crippen LogP contribution in [-0.4, -0.2) is 19.2 Å². The number of thiazole rings is 1. The second-order valence-corrected chi connectivity index (χ2v) is 5.80. The Morgan fingerprint density at radius 3 is 2.86 bits per heavy atom. The molecule has 0 fully saturated rings. The Morgan fingerprint density at radius 2 is 2.18 bits per heavy atom. The Morgan fingerprint density at radius 1 is 1.36 bits per heavy atom. The first-order valence-corrected chi connectivity index (χ1v) is 7.98. The van der Waals surface area contributed by atoms with E-state index in [-0.39, 0.29) is 11.1 Å². The summed E-state index contributed by atoms with van der Waals surface area (Å²) in [5.74, 6) is 0. The van der Waals surface area contributed by atoms with E-state index in [1.807, 2.05) is 23.6 Å². The number of nitrogens with zero attached hydrogens (tertiary/aromatic N) is 5. The van der Waals surface area contributed by atoms with Crippen molar-refractivity contribution in [1.82, 2.24) is 19.2 Å². The molecular formula is C15H15N5OS. The van der Waals surface area contributed by atoms with Crippen molar-refractivity contribution >= 4 is 16.2 Å². The minimum atomic E-state index is -0.323. The molecule has 0 aliphatic rings. The SMILES string of the molecule is CCc1nn(Cc2csc3cncn23)c(=O)c(C#N)c1CC. The lowest BCUT2D eigenvalue weighted by atomic mass is 10.0. The number of imidazole rings is 1. The van der Waals surface area contributed by atoms with Gasteiger partial charge in [-0.05, 0) is 18.4 Å². The van der Waals surface area contributed by atoms with Crippen LogP contribution in [0.3, 0.4) is 0 Å². The first-order valence-electron chi connectivity index (χ1n) is 7.11. The maximum absolute atomic E-state index is 12.5. The van der Waals surface area contributed by atoms with E-state index >= 15 is 0 Å². The highest BCUT2D eigenvalue weighted by molar-refractivity contribution is 7.15. The van der Waals surface area contributed by atoms with E-state index in [1.54, 1.807) is 23.9 Å². The van der Waals surface area contributed by atoms with Crippen molar-refractivity contribution in [1.29, 1.82) is 5.26 Å². The molecule has 0 bridgehead atoms. The van der Waals surface area contributed by atoms with Crippen LogP contribution in [0.15, 0.2) is 22.7 Å². The summed E-state index contributed by atoms with van der Waals surface area (Å²) in [6.07, 6.45) is 4.84. The molecule has 0 spiro atoms. The predicted octanol–water partition coefficient (Wildman–Crippen LogP) is 2.00. The summed E-state index contributed by atoms with van der Waals surface area (Å²) in [5.41, 5.74) is 2.41. The first kappa shape index (κ1) is 14.5. The summed E-state index contributed by atoms with van der Waals surface area (Å²) in [4.78, 5) is 17.6. The summed E-state index contributed by atoms with van der Waals surface area (Å²) in [6, 6.07) is 2.05. The highest BCUT2D eigenvalue weighted by Gasteiger charge is 2.16. The fraction of sp³-hybridized carbons (Fsp3) is 0.333. The third kappa shape index (κ3) is 2.22. The highest BCUT2D eigenvalue weighted by Crippen LogP contribution is 2.17. The van der Waals surface area contributed by atoms with Crippen LogP contribution in [0, 0.1) is 11.3 Å². The second kappa shape index (κ2) is 5.73. The second-order valence-electron chi connectivity index (χ2n) is 4.91. The Hall–Kier alpha value is -2.46. The molecule has 0 aliphatic carbocycles. The zero-order chi connectivity index (χ0) is 15.7. The summed E-state index contributed by atoms with van der Waals surface area (Å²) in [7, 11) is 0. The van der Waals surface area contributed by atoms with Gasteiger partial charge in [-0.15, -0.1) is 11.3 Å². The summed E-state index contributed by atoms with van der Waals surface area (Å²) < 4.78 is 3.32. The van der Waals surface area contributed by atoms with Gasteiger partial charge in [-0.3, -0.25) is 9.20 Å². The minimum absolute atomic E-state index is 0.214. The molecule has 0 N–H and O–H groups in total. The Kier molecular flexibility index (Phi) is 3.77. The maximum Gasteiger partial charge on any atom is 0.285 e. The molecule has 0 aliphatic heterocycles. The first-order chi connectivity index (χ1) is 10.7. The fourth-order valence-electron chi connectivity index (χ4n) is 2.58. The number of fused-ring (bicyclic) bond motifs is 1. The van der Waals surface area contributed by atoms with Crippen LogP contribution in [0.1, 0.15) is 36.4 Å². The standard InChI is InChI=1S/C15H15N5OS/c1-3-11-12(5-16)15(21)20(18-13(11)4-2)7-10-8-22-14-6-17-9-19(10)14/h6,8-9H,3-4,7H2,1-2H3. The monoisotopic (exact) mass is 313 g/mol. The molecule has 3 rings (SSSR count). The average molecular weight is 313 g/mol. The summed E-state index contributed by atoms with van der Waals surface area (Å²) in [5, 5.41) is 15.8. The van der Waals surface area contributed by atoms with E-state index in [0.717, 1.165) is 21.8 Å². The topological polar surface area (TPSA) is 76.0 Å². The Balaban J connectivity index is 2.13. The molecule has 0 amide bonds. The van der Waals surface area contributed by atoms with Gasteiger partial charge in [0.1, 0.15) is 22.8 Å². The zero-order valence-corrected chi connectivity index (χ0v) is 13.2. The smallest absolute Gasteiger partial charge is 0.285 e. The van der Waals surface area contributed by atoms with Gasteiger partial charge in [0.25, 0.3) is 5.56 Å². The molecule has 0 unspecified atom stereocenters. The van der Waals surface area contributed by atoms with Gasteiger partial charge in [-0.2, -0.15) is 10.4 Å². The van der Waals surface area contributed by atoms with Crippen LogP contribution in [0.5, 0.6) is 0 Å². The van der Waals surface area contributed by atoms with Crippen molar-refractivity contribution < 1.29 is 0 Å². The molecule has 7 heteroatoms. The minimum Gasteiger partial charge on any atom is -0.292 e. The zero-order valence-electron chi connectivity index (χ0n) is 12.4. The van der Waals surface area contributed by atoms with Crippen molar-refractivity contribution in [2.75, 3.05) is 0 Å². The lowest BCUT2D eigenvalue weighted by molar-refractivity contribution is 0.600. The van der Waals surface area contributed by atoms with Gasteiger partial charge >= 0.3 is 0 Å². The number of aromatic nitrogens is 4. The molecule has 22 heavy (non-hydrogen) atoms. The molecule has 6 nitrogen and oxygen atoms in total. The normalized spacial score (nSPS) is 11.0. The number of rotatable bonds is 4. The maximum atomic E-state index is 12.5. The number of aryl methyl sites for hydroxylation is 1. The summed E-state index contributed by atoms with van der Waals surface area (Å²) in [6.45, 7) is 4.26. The van der Waals surface area contributed by atoms with Gasteiger partial charge in [0.05, 0.1) is 24.1 Å². The van der Waals surface area contributed by atoms with E-state index in [2.05, 4.69) is 16.2 Å². The van der Waals surface area contributed by atoms with E-state index in [4.69, 9.17) is 0 Å². The van der Waals surface area contributed by atoms with Gasteiger partial charge in [-0.25, -0.2) is 9.67 Å². The molecule has 112 valence electrons. The van der Waals surface area contributed by atoms with Crippen molar-refractivity contribution in [2.45, 2.75) is 33.2 Å². The van der Waals surface area contributed by atoms with Gasteiger partial charge in [0, 0.05) is 5.38 Å². The molecule has 0 saturated carbocycles. The number of hydrogen-bond donors (Lipinski definition) is 0. The van der Waals surface area contributed by atoms with Crippen molar-refractivity contribution in [3.8, 4) is 6.07 Å². The molecule has 3 aromatic heterocycles. The average Bonchev–Trinajstić information content (AvgIpc) is 3.13. The lowest BCUT2D eigenvalue weighted by Crippen LogP contribution is -2.29. The molecule has 0 radical (unpaired) electrons. The van der Waals surface area contributed by atoms with Gasteiger partial charge < -0.3 is 0 Å².